The molecule has 0 saturated carbocycles. The predicted molar refractivity (Wildman–Crippen MR) is 109 cm³/mol. The quantitative estimate of drug-likeness (QED) is 0.548. The first-order chi connectivity index (χ1) is 13.7. The second-order valence-corrected chi connectivity index (χ2v) is 6.14. The van der Waals surface area contributed by atoms with Crippen molar-refractivity contribution in [2.24, 2.45) is 0 Å². The fourth-order valence-corrected chi connectivity index (χ4v) is 3.32. The highest BCUT2D eigenvalue weighted by Crippen LogP contribution is 2.43. The van der Waals surface area contributed by atoms with Crippen LogP contribution in [0.25, 0.3) is 33.4 Å². The Balaban J connectivity index is 1.97. The summed E-state index contributed by atoms with van der Waals surface area (Å²) in [5.74, 6) is 1.91. The van der Waals surface area contributed by atoms with Gasteiger partial charge in [-0.15, -0.1) is 0 Å². The summed E-state index contributed by atoms with van der Waals surface area (Å²) in [5, 5.41) is 1.03. The molecule has 2 aromatic carbocycles. The van der Waals surface area contributed by atoms with Crippen molar-refractivity contribution < 1.29 is 14.2 Å². The molecule has 4 aromatic rings. The number of fused-ring (bicyclic) bond motifs is 1. The Kier molecular flexibility index (Phi) is 4.49. The molecular weight excluding hydrogens is 356 g/mol. The average molecular weight is 376 g/mol. The number of pyridine rings is 1. The lowest BCUT2D eigenvalue weighted by atomic mass is 10.0. The third kappa shape index (κ3) is 2.87. The number of benzene rings is 2. The number of rotatable bonds is 5. The topological polar surface area (TPSA) is 95.3 Å². The molecular formula is C21H20N4O3. The number of nitrogens with zero attached hydrogens (tertiary/aromatic N) is 2. The van der Waals surface area contributed by atoms with E-state index >= 15 is 0 Å². The molecule has 142 valence electrons. The van der Waals surface area contributed by atoms with E-state index in [1.807, 2.05) is 42.5 Å². The van der Waals surface area contributed by atoms with Crippen LogP contribution in [-0.2, 0) is 0 Å². The van der Waals surface area contributed by atoms with Gasteiger partial charge in [0.15, 0.2) is 17.4 Å². The van der Waals surface area contributed by atoms with Crippen molar-refractivity contribution in [3.8, 4) is 39.8 Å². The molecule has 7 heteroatoms. The number of nitrogens with one attached hydrogen (secondary N) is 1. The number of imidazole rings is 1. The number of nitrogen functional groups attached to an aromatic ring is 1. The number of methoxy groups -OCH3 is 3. The Morgan fingerprint density at radius 1 is 0.929 bits per heavy atom. The monoisotopic (exact) mass is 376 g/mol. The van der Waals surface area contributed by atoms with E-state index in [1.54, 1.807) is 27.5 Å². The van der Waals surface area contributed by atoms with E-state index in [1.165, 1.54) is 0 Å². The first-order valence-corrected chi connectivity index (χ1v) is 8.66. The van der Waals surface area contributed by atoms with Gasteiger partial charge in [-0.1, -0.05) is 24.3 Å². The number of hydrogen-bond donors (Lipinski definition) is 2. The van der Waals surface area contributed by atoms with Gasteiger partial charge < -0.3 is 24.9 Å². The van der Waals surface area contributed by atoms with Gasteiger partial charge in [0.2, 0.25) is 5.75 Å². The van der Waals surface area contributed by atoms with Crippen LogP contribution in [0, 0.1) is 0 Å². The van der Waals surface area contributed by atoms with E-state index in [-0.39, 0.29) is 0 Å². The second-order valence-electron chi connectivity index (χ2n) is 6.14. The number of ether oxygens (including phenoxy) is 3. The first-order valence-electron chi connectivity index (χ1n) is 8.66. The molecule has 0 atom stereocenters. The average Bonchev–Trinajstić information content (AvgIpc) is 3.13. The highest BCUT2D eigenvalue weighted by atomic mass is 16.5. The lowest BCUT2D eigenvalue weighted by Crippen LogP contribution is -1.96. The number of hydrogen-bond acceptors (Lipinski definition) is 6. The minimum absolute atomic E-state index is 0.312. The zero-order chi connectivity index (χ0) is 19.7. The van der Waals surface area contributed by atoms with E-state index in [0.717, 1.165) is 27.7 Å². The zero-order valence-electron chi connectivity index (χ0n) is 15.8. The maximum Gasteiger partial charge on any atom is 0.203 e. The summed E-state index contributed by atoms with van der Waals surface area (Å²) in [6.07, 6.45) is 1.77. The van der Waals surface area contributed by atoms with Crippen LogP contribution >= 0.6 is 0 Å². The molecule has 0 amide bonds. The molecule has 0 fully saturated rings. The lowest BCUT2D eigenvalue weighted by Gasteiger charge is -2.14. The largest absolute Gasteiger partial charge is 0.493 e. The Morgan fingerprint density at radius 3 is 2.32 bits per heavy atom. The van der Waals surface area contributed by atoms with Crippen LogP contribution in [0.15, 0.2) is 48.7 Å². The highest BCUT2D eigenvalue weighted by molar-refractivity contribution is 5.96. The van der Waals surface area contributed by atoms with Crippen molar-refractivity contribution in [3.05, 3.63) is 48.7 Å². The van der Waals surface area contributed by atoms with Crippen molar-refractivity contribution in [1.82, 2.24) is 15.0 Å². The molecule has 2 heterocycles. The molecule has 0 saturated heterocycles. The van der Waals surface area contributed by atoms with Crippen LogP contribution in [0.4, 0.5) is 5.95 Å². The van der Waals surface area contributed by atoms with Gasteiger partial charge in [0.05, 0.1) is 38.2 Å². The standard InChI is InChI=1S/C21H20N4O3/c1-26-15-10-13(11-16(27-2)20(15)28-3)18-19(25-21(22)24-18)14-8-4-6-12-7-5-9-23-17(12)14/h4-11H,1-3H3,(H3,22,24,25). The van der Waals surface area contributed by atoms with Crippen LogP contribution in [0.1, 0.15) is 0 Å². The maximum atomic E-state index is 6.02. The van der Waals surface area contributed by atoms with Crippen molar-refractivity contribution in [2.45, 2.75) is 0 Å². The fraction of sp³-hybridized carbons (Fsp3) is 0.143. The second kappa shape index (κ2) is 7.11. The van der Waals surface area contributed by atoms with Gasteiger partial charge in [0.25, 0.3) is 0 Å². The van der Waals surface area contributed by atoms with Crippen LogP contribution in [0.2, 0.25) is 0 Å². The van der Waals surface area contributed by atoms with Crippen LogP contribution in [0.3, 0.4) is 0 Å². The molecule has 2 aromatic heterocycles. The number of nitrogens with two attached hydrogens (primary N) is 1. The molecule has 0 bridgehead atoms. The smallest absolute Gasteiger partial charge is 0.203 e. The van der Waals surface area contributed by atoms with Crippen molar-refractivity contribution in [2.75, 3.05) is 27.1 Å². The third-order valence-corrected chi connectivity index (χ3v) is 4.56. The molecule has 28 heavy (non-hydrogen) atoms. The molecule has 0 aliphatic rings. The predicted octanol–water partition coefficient (Wildman–Crippen LogP) is 3.90. The summed E-state index contributed by atoms with van der Waals surface area (Å²) in [7, 11) is 4.73. The van der Waals surface area contributed by atoms with E-state index in [0.29, 0.717) is 28.9 Å². The van der Waals surface area contributed by atoms with E-state index in [4.69, 9.17) is 19.9 Å². The van der Waals surface area contributed by atoms with Crippen LogP contribution in [-0.4, -0.2) is 36.3 Å². The summed E-state index contributed by atoms with van der Waals surface area (Å²) >= 11 is 0. The summed E-state index contributed by atoms with van der Waals surface area (Å²) in [6, 6.07) is 13.6. The van der Waals surface area contributed by atoms with E-state index < -0.39 is 0 Å². The number of para-hydroxylation sites is 1. The molecule has 0 unspecified atom stereocenters. The molecule has 4 rings (SSSR count). The Labute approximate surface area is 162 Å². The zero-order valence-corrected chi connectivity index (χ0v) is 15.8. The minimum atomic E-state index is 0.312. The summed E-state index contributed by atoms with van der Waals surface area (Å²) in [6.45, 7) is 0. The van der Waals surface area contributed by atoms with E-state index in [2.05, 4.69) is 15.0 Å². The third-order valence-electron chi connectivity index (χ3n) is 4.56. The van der Waals surface area contributed by atoms with Gasteiger partial charge >= 0.3 is 0 Å². The molecule has 0 radical (unpaired) electrons. The number of anilines is 1. The summed E-state index contributed by atoms with van der Waals surface area (Å²) < 4.78 is 16.4. The van der Waals surface area contributed by atoms with E-state index in [9.17, 15) is 0 Å². The normalized spacial score (nSPS) is 10.8. The summed E-state index contributed by atoms with van der Waals surface area (Å²) in [4.78, 5) is 12.2. The Bertz CT molecular complexity index is 1120. The maximum absolute atomic E-state index is 6.02. The lowest BCUT2D eigenvalue weighted by molar-refractivity contribution is 0.324. The SMILES string of the molecule is COc1cc(-c2nc(N)[nH]c2-c2cccc3cccnc23)cc(OC)c1OC. The molecule has 0 aliphatic carbocycles. The minimum Gasteiger partial charge on any atom is -0.493 e. The van der Waals surface area contributed by atoms with Gasteiger partial charge in [-0.25, -0.2) is 4.98 Å². The van der Waals surface area contributed by atoms with Gasteiger partial charge in [0, 0.05) is 22.7 Å². The van der Waals surface area contributed by atoms with Gasteiger partial charge in [-0.3, -0.25) is 4.98 Å². The van der Waals surface area contributed by atoms with Crippen LogP contribution < -0.4 is 19.9 Å². The number of aromatic nitrogens is 3. The molecule has 0 aliphatic heterocycles. The van der Waals surface area contributed by atoms with Crippen molar-refractivity contribution >= 4 is 16.9 Å². The summed E-state index contributed by atoms with van der Waals surface area (Å²) in [5.41, 5.74) is 10.0. The molecule has 7 nitrogen and oxygen atoms in total. The first kappa shape index (κ1) is 17.7. The van der Waals surface area contributed by atoms with Gasteiger partial charge in [-0.2, -0.15) is 0 Å². The van der Waals surface area contributed by atoms with Crippen molar-refractivity contribution in [1.29, 1.82) is 0 Å². The fourth-order valence-electron chi connectivity index (χ4n) is 3.32. The Hall–Kier alpha value is -3.74. The van der Waals surface area contributed by atoms with Crippen LogP contribution in [0.5, 0.6) is 17.2 Å². The number of aromatic amines is 1. The van der Waals surface area contributed by atoms with Gasteiger partial charge in [0.1, 0.15) is 0 Å². The Morgan fingerprint density at radius 2 is 1.64 bits per heavy atom. The van der Waals surface area contributed by atoms with Gasteiger partial charge in [-0.05, 0) is 18.2 Å². The molecule has 0 spiro atoms. The highest BCUT2D eigenvalue weighted by Gasteiger charge is 2.20. The molecule has 3 N–H and O–H groups in total. The number of H-pyrrole nitrogens is 1. The van der Waals surface area contributed by atoms with Crippen molar-refractivity contribution in [3.63, 3.8) is 0 Å².